The number of hydrogen-bond donors (Lipinski definition) is 0. The topological polar surface area (TPSA) is 3.24 Å². The molecule has 3 rings (SSSR count). The van der Waals surface area contributed by atoms with Crippen molar-refractivity contribution in [1.29, 1.82) is 0 Å². The summed E-state index contributed by atoms with van der Waals surface area (Å²) in [5.41, 5.74) is 2.49. The molecule has 0 amide bonds. The number of anilines is 1. The zero-order valence-corrected chi connectivity index (χ0v) is 10.3. The monoisotopic (exact) mass is 239 g/mol. The molecular weight excluding hydrogens is 225 g/mol. The summed E-state index contributed by atoms with van der Waals surface area (Å²) < 4.78 is 13.2. The third-order valence-electron chi connectivity index (χ3n) is 3.61. The van der Waals surface area contributed by atoms with E-state index in [1.807, 2.05) is 12.1 Å². The minimum Gasteiger partial charge on any atom is -0.360 e. The van der Waals surface area contributed by atoms with E-state index < -0.39 is 0 Å². The lowest BCUT2D eigenvalue weighted by molar-refractivity contribution is 0.629. The van der Waals surface area contributed by atoms with Crippen LogP contribution in [0, 0.1) is 18.2 Å². The summed E-state index contributed by atoms with van der Waals surface area (Å²) in [6.45, 7) is 3.76. The average Bonchev–Trinajstić information content (AvgIpc) is 2.67. The molecule has 0 N–H and O–H groups in total. The van der Waals surface area contributed by atoms with Crippen LogP contribution in [0.15, 0.2) is 30.3 Å². The zero-order chi connectivity index (χ0) is 12.7. The Morgan fingerprint density at radius 3 is 3.00 bits per heavy atom. The first-order valence-electron chi connectivity index (χ1n) is 6.11. The standard InChI is InChI=1S/C16H14FN/c1-3-8-18-10-11(2)16-14-6-5-13(17)9-12(14)4-7-15(16)18/h1,4-7,9,11H,8,10H2,2H3. The van der Waals surface area contributed by atoms with Crippen molar-refractivity contribution in [2.45, 2.75) is 12.8 Å². The third kappa shape index (κ3) is 1.55. The molecule has 0 aliphatic carbocycles. The van der Waals surface area contributed by atoms with Crippen LogP contribution >= 0.6 is 0 Å². The third-order valence-corrected chi connectivity index (χ3v) is 3.61. The van der Waals surface area contributed by atoms with Gasteiger partial charge in [0.25, 0.3) is 0 Å². The molecule has 90 valence electrons. The van der Waals surface area contributed by atoms with E-state index in [4.69, 9.17) is 6.42 Å². The van der Waals surface area contributed by atoms with Crippen LogP contribution in [0.5, 0.6) is 0 Å². The van der Waals surface area contributed by atoms with Gasteiger partial charge in [-0.3, -0.25) is 0 Å². The van der Waals surface area contributed by atoms with Gasteiger partial charge in [-0.25, -0.2) is 4.39 Å². The molecule has 0 spiro atoms. The molecule has 0 fully saturated rings. The predicted octanol–water partition coefficient (Wildman–Crippen LogP) is 3.54. The van der Waals surface area contributed by atoms with E-state index in [-0.39, 0.29) is 5.82 Å². The van der Waals surface area contributed by atoms with E-state index >= 15 is 0 Å². The quantitative estimate of drug-likeness (QED) is 0.688. The van der Waals surface area contributed by atoms with Crippen LogP contribution in [-0.4, -0.2) is 13.1 Å². The fourth-order valence-corrected chi connectivity index (χ4v) is 2.89. The molecule has 1 nitrogen and oxygen atoms in total. The Balaban J connectivity index is 2.24. The van der Waals surface area contributed by atoms with Gasteiger partial charge in [-0.15, -0.1) is 6.42 Å². The van der Waals surface area contributed by atoms with Crippen LogP contribution in [0.4, 0.5) is 10.1 Å². The van der Waals surface area contributed by atoms with Crippen LogP contribution < -0.4 is 4.90 Å². The summed E-state index contributed by atoms with van der Waals surface area (Å²) >= 11 is 0. The molecule has 0 saturated heterocycles. The van der Waals surface area contributed by atoms with Crippen molar-refractivity contribution >= 4 is 16.5 Å². The summed E-state index contributed by atoms with van der Waals surface area (Å²) in [6, 6.07) is 9.02. The molecule has 18 heavy (non-hydrogen) atoms. The number of fused-ring (bicyclic) bond motifs is 3. The van der Waals surface area contributed by atoms with Gasteiger partial charge in [0.1, 0.15) is 5.82 Å². The van der Waals surface area contributed by atoms with Gasteiger partial charge in [-0.2, -0.15) is 0 Å². The molecule has 1 heterocycles. The molecule has 0 radical (unpaired) electrons. The fourth-order valence-electron chi connectivity index (χ4n) is 2.89. The Hall–Kier alpha value is -2.01. The molecular formula is C16H14FN. The minimum atomic E-state index is -0.186. The molecule has 0 saturated carbocycles. The molecule has 2 aromatic carbocycles. The van der Waals surface area contributed by atoms with Gasteiger partial charge in [0.2, 0.25) is 0 Å². The Labute approximate surface area is 106 Å². The Kier molecular flexibility index (Phi) is 2.48. The Morgan fingerprint density at radius 1 is 1.39 bits per heavy atom. The van der Waals surface area contributed by atoms with Gasteiger partial charge in [0.15, 0.2) is 0 Å². The number of hydrogen-bond acceptors (Lipinski definition) is 1. The molecule has 0 bridgehead atoms. The highest BCUT2D eigenvalue weighted by Crippen LogP contribution is 2.40. The molecule has 2 aromatic rings. The molecule has 1 unspecified atom stereocenters. The lowest BCUT2D eigenvalue weighted by Gasteiger charge is -2.16. The molecule has 1 aliphatic heterocycles. The second-order valence-corrected chi connectivity index (χ2v) is 4.85. The number of terminal acetylenes is 1. The van der Waals surface area contributed by atoms with Crippen LogP contribution in [0.25, 0.3) is 10.8 Å². The smallest absolute Gasteiger partial charge is 0.123 e. The number of nitrogens with zero attached hydrogens (tertiary/aromatic N) is 1. The second kappa shape index (κ2) is 4.03. The van der Waals surface area contributed by atoms with Crippen molar-refractivity contribution in [1.82, 2.24) is 0 Å². The van der Waals surface area contributed by atoms with Gasteiger partial charge in [-0.05, 0) is 34.5 Å². The van der Waals surface area contributed by atoms with Gasteiger partial charge >= 0.3 is 0 Å². The largest absolute Gasteiger partial charge is 0.360 e. The summed E-state index contributed by atoms with van der Waals surface area (Å²) in [5, 5.41) is 2.10. The highest BCUT2D eigenvalue weighted by molar-refractivity contribution is 5.92. The van der Waals surface area contributed by atoms with E-state index in [9.17, 15) is 4.39 Å². The zero-order valence-electron chi connectivity index (χ0n) is 10.3. The highest BCUT2D eigenvalue weighted by atomic mass is 19.1. The minimum absolute atomic E-state index is 0.186. The predicted molar refractivity (Wildman–Crippen MR) is 73.4 cm³/mol. The van der Waals surface area contributed by atoms with Crippen molar-refractivity contribution in [3.63, 3.8) is 0 Å². The van der Waals surface area contributed by atoms with Gasteiger partial charge < -0.3 is 4.90 Å². The fraction of sp³-hybridized carbons (Fsp3) is 0.250. The lowest BCUT2D eigenvalue weighted by atomic mass is 9.96. The normalized spacial score (nSPS) is 17.8. The van der Waals surface area contributed by atoms with E-state index in [1.54, 1.807) is 6.07 Å². The first-order chi connectivity index (χ1) is 8.70. The van der Waals surface area contributed by atoms with Crippen LogP contribution in [0.3, 0.4) is 0 Å². The first-order valence-corrected chi connectivity index (χ1v) is 6.11. The van der Waals surface area contributed by atoms with Crippen molar-refractivity contribution in [3.05, 3.63) is 41.7 Å². The SMILES string of the molecule is C#CCN1CC(C)c2c1ccc1cc(F)ccc21. The summed E-state index contributed by atoms with van der Waals surface area (Å²) in [7, 11) is 0. The molecule has 2 heteroatoms. The summed E-state index contributed by atoms with van der Waals surface area (Å²) in [4.78, 5) is 2.21. The van der Waals surface area contributed by atoms with E-state index in [0.29, 0.717) is 12.5 Å². The number of rotatable bonds is 1. The maximum atomic E-state index is 13.2. The van der Waals surface area contributed by atoms with Gasteiger partial charge in [0.05, 0.1) is 6.54 Å². The van der Waals surface area contributed by atoms with Gasteiger partial charge in [0, 0.05) is 18.2 Å². The summed E-state index contributed by atoms with van der Waals surface area (Å²) in [6.07, 6.45) is 5.40. The van der Waals surface area contributed by atoms with Gasteiger partial charge in [-0.1, -0.05) is 25.0 Å². The van der Waals surface area contributed by atoms with Crippen LogP contribution in [0.2, 0.25) is 0 Å². The molecule has 1 aliphatic rings. The number of benzene rings is 2. The average molecular weight is 239 g/mol. The molecule has 1 atom stereocenters. The highest BCUT2D eigenvalue weighted by Gasteiger charge is 2.26. The number of halogens is 1. The van der Waals surface area contributed by atoms with Crippen molar-refractivity contribution in [2.24, 2.45) is 0 Å². The van der Waals surface area contributed by atoms with Crippen LogP contribution in [-0.2, 0) is 0 Å². The van der Waals surface area contributed by atoms with Crippen molar-refractivity contribution in [3.8, 4) is 12.3 Å². The second-order valence-electron chi connectivity index (χ2n) is 4.85. The van der Waals surface area contributed by atoms with E-state index in [2.05, 4.69) is 23.8 Å². The van der Waals surface area contributed by atoms with Crippen molar-refractivity contribution < 1.29 is 4.39 Å². The Morgan fingerprint density at radius 2 is 2.22 bits per heavy atom. The maximum Gasteiger partial charge on any atom is 0.123 e. The van der Waals surface area contributed by atoms with Crippen molar-refractivity contribution in [2.75, 3.05) is 18.0 Å². The van der Waals surface area contributed by atoms with E-state index in [1.165, 1.54) is 17.3 Å². The maximum absolute atomic E-state index is 13.2. The molecule has 0 aromatic heterocycles. The van der Waals surface area contributed by atoms with E-state index in [0.717, 1.165) is 17.3 Å². The Bertz CT molecular complexity index is 654. The summed E-state index contributed by atoms with van der Waals surface area (Å²) in [5.74, 6) is 2.94. The first kappa shape index (κ1) is 11.1. The van der Waals surface area contributed by atoms with Crippen LogP contribution in [0.1, 0.15) is 18.4 Å². The lowest BCUT2D eigenvalue weighted by Crippen LogP contribution is -2.21.